The molecular formula is C18H28N6O. The van der Waals surface area contributed by atoms with Gasteiger partial charge in [0.25, 0.3) is 0 Å². The third-order valence-corrected chi connectivity index (χ3v) is 4.67. The van der Waals surface area contributed by atoms with E-state index in [1.54, 1.807) is 19.0 Å². The van der Waals surface area contributed by atoms with Gasteiger partial charge in [-0.3, -0.25) is 9.69 Å². The average molecular weight is 344 g/mol. The van der Waals surface area contributed by atoms with E-state index in [0.29, 0.717) is 6.54 Å². The second-order valence-corrected chi connectivity index (χ2v) is 7.91. The molecular weight excluding hydrogens is 316 g/mol. The lowest BCUT2D eigenvalue weighted by Crippen LogP contribution is -2.49. The summed E-state index contributed by atoms with van der Waals surface area (Å²) >= 11 is 0. The highest BCUT2D eigenvalue weighted by Crippen LogP contribution is 2.26. The van der Waals surface area contributed by atoms with Crippen LogP contribution in [0.5, 0.6) is 0 Å². The molecule has 3 rings (SSSR count). The Balaban J connectivity index is 1.75. The van der Waals surface area contributed by atoms with Crippen LogP contribution in [0, 0.1) is 0 Å². The summed E-state index contributed by atoms with van der Waals surface area (Å²) in [6.07, 6.45) is 3.71. The van der Waals surface area contributed by atoms with Crippen molar-refractivity contribution in [2.75, 3.05) is 51.7 Å². The lowest BCUT2D eigenvalue weighted by atomic mass is 9.92. The zero-order valence-electron chi connectivity index (χ0n) is 15.9. The second kappa shape index (κ2) is 6.63. The first-order valence-electron chi connectivity index (χ1n) is 8.78. The Morgan fingerprint density at radius 2 is 1.88 bits per heavy atom. The van der Waals surface area contributed by atoms with E-state index in [4.69, 9.17) is 5.10 Å². The summed E-state index contributed by atoms with van der Waals surface area (Å²) in [7, 11) is 3.60. The minimum absolute atomic E-state index is 0.00846. The van der Waals surface area contributed by atoms with Crippen LogP contribution in [0.25, 0.3) is 5.52 Å². The van der Waals surface area contributed by atoms with Gasteiger partial charge in [0.2, 0.25) is 5.91 Å². The average Bonchev–Trinajstić information content (AvgIpc) is 3.00. The van der Waals surface area contributed by atoms with Crippen molar-refractivity contribution in [2.45, 2.75) is 26.2 Å². The summed E-state index contributed by atoms with van der Waals surface area (Å²) < 4.78 is 1.92. The molecule has 0 atom stereocenters. The quantitative estimate of drug-likeness (QED) is 0.838. The maximum absolute atomic E-state index is 11.9. The molecule has 1 aliphatic heterocycles. The van der Waals surface area contributed by atoms with Crippen LogP contribution < -0.4 is 4.90 Å². The molecule has 2 aromatic rings. The summed E-state index contributed by atoms with van der Waals surface area (Å²) in [5, 5.41) is 4.70. The smallest absolute Gasteiger partial charge is 0.236 e. The van der Waals surface area contributed by atoms with Crippen molar-refractivity contribution < 1.29 is 4.79 Å². The van der Waals surface area contributed by atoms with Crippen molar-refractivity contribution in [2.24, 2.45) is 0 Å². The maximum Gasteiger partial charge on any atom is 0.236 e. The van der Waals surface area contributed by atoms with E-state index < -0.39 is 0 Å². The molecule has 1 fully saturated rings. The normalized spacial score (nSPS) is 16.4. The number of anilines is 1. The van der Waals surface area contributed by atoms with E-state index in [2.05, 4.69) is 41.6 Å². The molecule has 0 aromatic carbocycles. The van der Waals surface area contributed by atoms with Crippen molar-refractivity contribution in [3.8, 4) is 0 Å². The van der Waals surface area contributed by atoms with Gasteiger partial charge in [0.15, 0.2) is 5.82 Å². The van der Waals surface area contributed by atoms with Crippen molar-refractivity contribution in [3.63, 3.8) is 0 Å². The second-order valence-electron chi connectivity index (χ2n) is 7.91. The number of carbonyl (C=O) groups is 1. The maximum atomic E-state index is 11.9. The molecule has 0 saturated carbocycles. The van der Waals surface area contributed by atoms with Gasteiger partial charge in [0.1, 0.15) is 5.52 Å². The van der Waals surface area contributed by atoms with Crippen molar-refractivity contribution in [1.29, 1.82) is 0 Å². The molecule has 2 aromatic heterocycles. The van der Waals surface area contributed by atoms with Crippen LogP contribution in [-0.2, 0) is 10.2 Å². The number of nitrogens with zero attached hydrogens (tertiary/aromatic N) is 6. The molecule has 0 aliphatic carbocycles. The number of rotatable bonds is 3. The van der Waals surface area contributed by atoms with Gasteiger partial charge < -0.3 is 9.80 Å². The fraction of sp³-hybridized carbons (Fsp3) is 0.611. The summed E-state index contributed by atoms with van der Waals surface area (Å²) in [5.41, 5.74) is 2.12. The highest BCUT2D eigenvalue weighted by Gasteiger charge is 2.24. The predicted molar refractivity (Wildman–Crippen MR) is 99.0 cm³/mol. The number of aromatic nitrogens is 3. The Bertz CT molecular complexity index is 753. The number of fused-ring (bicyclic) bond motifs is 1. The van der Waals surface area contributed by atoms with E-state index in [1.807, 2.05) is 16.9 Å². The van der Waals surface area contributed by atoms with E-state index in [1.165, 1.54) is 0 Å². The molecule has 1 saturated heterocycles. The largest absolute Gasteiger partial charge is 0.352 e. The molecule has 136 valence electrons. The fourth-order valence-electron chi connectivity index (χ4n) is 2.97. The third-order valence-electron chi connectivity index (χ3n) is 4.67. The topological polar surface area (TPSA) is 57.0 Å². The molecule has 1 amide bonds. The number of hydrogen-bond donors (Lipinski definition) is 0. The predicted octanol–water partition coefficient (Wildman–Crippen LogP) is 1.24. The first kappa shape index (κ1) is 17.7. The first-order valence-corrected chi connectivity index (χ1v) is 8.78. The van der Waals surface area contributed by atoms with Gasteiger partial charge in [-0.1, -0.05) is 20.8 Å². The van der Waals surface area contributed by atoms with Crippen LogP contribution in [0.1, 0.15) is 26.5 Å². The van der Waals surface area contributed by atoms with Gasteiger partial charge in [-0.2, -0.15) is 5.10 Å². The number of carbonyl (C=O) groups excluding carboxylic acids is 1. The van der Waals surface area contributed by atoms with E-state index in [9.17, 15) is 4.79 Å². The molecule has 3 heterocycles. The van der Waals surface area contributed by atoms with Gasteiger partial charge in [0.05, 0.1) is 12.2 Å². The minimum Gasteiger partial charge on any atom is -0.352 e. The van der Waals surface area contributed by atoms with Crippen LogP contribution in [0.4, 0.5) is 5.82 Å². The number of piperazine rings is 1. The van der Waals surface area contributed by atoms with E-state index in [0.717, 1.165) is 43.2 Å². The van der Waals surface area contributed by atoms with E-state index in [-0.39, 0.29) is 11.3 Å². The lowest BCUT2D eigenvalue weighted by Gasteiger charge is -2.35. The lowest BCUT2D eigenvalue weighted by molar-refractivity contribution is -0.129. The monoisotopic (exact) mass is 344 g/mol. The minimum atomic E-state index is 0.00846. The number of likely N-dealkylation sites (N-methyl/N-ethyl adjacent to an activating group) is 1. The van der Waals surface area contributed by atoms with Gasteiger partial charge in [-0.25, -0.2) is 9.50 Å². The van der Waals surface area contributed by atoms with Gasteiger partial charge >= 0.3 is 0 Å². The standard InChI is InChI=1S/C18H28N6O/c1-18(2,3)15-12-14-17(19-6-7-24(14)20-15)23-10-8-22(9-11-23)13-16(25)21(4)5/h6-7,12H,8-11,13H2,1-5H3. The summed E-state index contributed by atoms with van der Waals surface area (Å²) in [4.78, 5) is 22.6. The Kier molecular flexibility index (Phi) is 4.69. The summed E-state index contributed by atoms with van der Waals surface area (Å²) in [6.45, 7) is 10.4. The molecule has 25 heavy (non-hydrogen) atoms. The highest BCUT2D eigenvalue weighted by molar-refractivity contribution is 5.77. The molecule has 7 heteroatoms. The summed E-state index contributed by atoms with van der Waals surface area (Å²) in [6, 6.07) is 2.14. The fourth-order valence-corrected chi connectivity index (χ4v) is 2.97. The van der Waals surface area contributed by atoms with Crippen LogP contribution in [0.15, 0.2) is 18.5 Å². The zero-order chi connectivity index (χ0) is 18.2. The zero-order valence-corrected chi connectivity index (χ0v) is 15.9. The Labute approximate surface area is 149 Å². The Hall–Kier alpha value is -2.15. The number of hydrogen-bond acceptors (Lipinski definition) is 5. The highest BCUT2D eigenvalue weighted by atomic mass is 16.2. The molecule has 1 aliphatic rings. The SMILES string of the molecule is CN(C)C(=O)CN1CCN(c2nccn3nc(C(C)(C)C)cc23)CC1. The van der Waals surface area contributed by atoms with Crippen LogP contribution in [0.3, 0.4) is 0 Å². The first-order chi connectivity index (χ1) is 11.8. The van der Waals surface area contributed by atoms with Gasteiger partial charge in [-0.05, 0) is 6.07 Å². The van der Waals surface area contributed by atoms with Crippen LogP contribution >= 0.6 is 0 Å². The molecule has 7 nitrogen and oxygen atoms in total. The van der Waals surface area contributed by atoms with E-state index >= 15 is 0 Å². The van der Waals surface area contributed by atoms with Crippen molar-refractivity contribution in [1.82, 2.24) is 24.4 Å². The number of amides is 1. The van der Waals surface area contributed by atoms with Gasteiger partial charge in [-0.15, -0.1) is 0 Å². The summed E-state index contributed by atoms with van der Waals surface area (Å²) in [5.74, 6) is 1.13. The van der Waals surface area contributed by atoms with Crippen molar-refractivity contribution in [3.05, 3.63) is 24.2 Å². The third kappa shape index (κ3) is 3.76. The van der Waals surface area contributed by atoms with Crippen molar-refractivity contribution >= 4 is 17.2 Å². The molecule has 0 radical (unpaired) electrons. The van der Waals surface area contributed by atoms with Gasteiger partial charge in [0, 0.05) is 58.1 Å². The molecule has 0 N–H and O–H groups in total. The molecule has 0 unspecified atom stereocenters. The Morgan fingerprint density at radius 3 is 2.48 bits per heavy atom. The Morgan fingerprint density at radius 1 is 1.20 bits per heavy atom. The van der Waals surface area contributed by atoms with Crippen LogP contribution in [-0.4, -0.2) is 77.1 Å². The molecule has 0 spiro atoms. The molecule has 0 bridgehead atoms. The van der Waals surface area contributed by atoms with Crippen LogP contribution in [0.2, 0.25) is 0 Å².